The van der Waals surface area contributed by atoms with Crippen molar-refractivity contribution >= 4 is 40.2 Å². The second kappa shape index (κ2) is 7.56. The van der Waals surface area contributed by atoms with Crippen LogP contribution < -0.4 is 30.8 Å². The van der Waals surface area contributed by atoms with Gasteiger partial charge in [0.05, 0.1) is 0 Å². The number of nitrogens with zero attached hydrogens (tertiary/aromatic N) is 1. The van der Waals surface area contributed by atoms with Gasteiger partial charge in [0.2, 0.25) is 0 Å². The van der Waals surface area contributed by atoms with E-state index in [1.54, 1.807) is 0 Å². The number of hydrogen-bond acceptors (Lipinski definition) is 3. The third-order valence-electron chi connectivity index (χ3n) is 6.58. The van der Waals surface area contributed by atoms with Crippen molar-refractivity contribution in [1.29, 1.82) is 0 Å². The first-order valence-corrected chi connectivity index (χ1v) is 11.5. The Hall–Kier alpha value is -4.44. The Balaban J connectivity index is 1.44. The molecule has 0 amide bonds. The lowest BCUT2D eigenvalue weighted by Gasteiger charge is -2.34. The van der Waals surface area contributed by atoms with Crippen LogP contribution in [0.4, 0.5) is 17.1 Å². The minimum absolute atomic E-state index is 0.0493. The van der Waals surface area contributed by atoms with Crippen molar-refractivity contribution in [2.75, 3.05) is 4.90 Å². The molecule has 2 heterocycles. The number of anilines is 3. The molecule has 34 heavy (non-hydrogen) atoms. The summed E-state index contributed by atoms with van der Waals surface area (Å²) in [5.74, 6) is 3.51. The van der Waals surface area contributed by atoms with Crippen LogP contribution in [-0.2, 0) is 0 Å². The van der Waals surface area contributed by atoms with Gasteiger partial charge in [0.1, 0.15) is 23.0 Å². The van der Waals surface area contributed by atoms with Gasteiger partial charge in [-0.05, 0) is 71.6 Å². The maximum absolute atomic E-state index is 6.39. The molecule has 4 heteroatoms. The van der Waals surface area contributed by atoms with E-state index < -0.39 is 0 Å². The number of rotatable bonds is 3. The Bertz CT molecular complexity index is 1460. The molecule has 0 aromatic heterocycles. The number of ether oxygens (including phenoxy) is 2. The number of para-hydroxylation sites is 3. The molecule has 7 rings (SSSR count). The number of hydrogen-bond donors (Lipinski definition) is 0. The van der Waals surface area contributed by atoms with Crippen LogP contribution in [0.5, 0.6) is 23.0 Å². The van der Waals surface area contributed by atoms with Gasteiger partial charge >= 0.3 is 0 Å². The highest BCUT2D eigenvalue weighted by Crippen LogP contribution is 2.38. The average Bonchev–Trinajstić information content (AvgIpc) is 2.90. The molecule has 0 unspecified atom stereocenters. The zero-order chi connectivity index (χ0) is 22.5. The normalized spacial score (nSPS) is 12.5. The second-order valence-electron chi connectivity index (χ2n) is 8.57. The number of fused-ring (bicyclic) bond motifs is 4. The van der Waals surface area contributed by atoms with E-state index in [0.717, 1.165) is 56.4 Å². The van der Waals surface area contributed by atoms with Crippen molar-refractivity contribution in [3.63, 3.8) is 0 Å². The van der Waals surface area contributed by atoms with Crippen molar-refractivity contribution in [2.24, 2.45) is 0 Å². The summed E-state index contributed by atoms with van der Waals surface area (Å²) in [5, 5.41) is 0. The highest BCUT2D eigenvalue weighted by atomic mass is 16.5. The Labute approximate surface area is 198 Å². The summed E-state index contributed by atoms with van der Waals surface area (Å²) in [6, 6.07) is 41.8. The van der Waals surface area contributed by atoms with E-state index in [9.17, 15) is 0 Å². The van der Waals surface area contributed by atoms with Crippen LogP contribution in [0.15, 0.2) is 121 Å². The number of benzene rings is 5. The summed E-state index contributed by atoms with van der Waals surface area (Å²) in [6.07, 6.45) is 0. The highest BCUT2D eigenvalue weighted by Gasteiger charge is 2.40. The van der Waals surface area contributed by atoms with E-state index in [0.29, 0.717) is 0 Å². The molecule has 0 bridgehead atoms. The summed E-state index contributed by atoms with van der Waals surface area (Å²) < 4.78 is 12.7. The Kier molecular flexibility index (Phi) is 4.24. The molecular formula is C30H20BNO2. The van der Waals surface area contributed by atoms with Crippen LogP contribution in [0, 0.1) is 0 Å². The van der Waals surface area contributed by atoms with Gasteiger partial charge in [-0.3, -0.25) is 0 Å². The summed E-state index contributed by atoms with van der Waals surface area (Å²) >= 11 is 0. The monoisotopic (exact) mass is 437 g/mol. The molecule has 0 N–H and O–H groups in total. The summed E-state index contributed by atoms with van der Waals surface area (Å²) in [6.45, 7) is 0.0493. The van der Waals surface area contributed by atoms with Gasteiger partial charge in [-0.2, -0.15) is 0 Å². The first-order chi connectivity index (χ1) is 16.9. The van der Waals surface area contributed by atoms with Gasteiger partial charge in [-0.1, -0.05) is 60.7 Å². The van der Waals surface area contributed by atoms with Crippen LogP contribution in [0.1, 0.15) is 0 Å². The molecule has 5 aromatic carbocycles. The standard InChI is InChI=1S/C30H20BNO2/c1-3-10-21(11-4-1)32(22-12-5-2-6-13-22)23-18-19-27-25(20-23)31-24-14-7-8-15-26(24)33-28-16-9-17-29(34-27)30(28)31/h1-20H. The van der Waals surface area contributed by atoms with Gasteiger partial charge < -0.3 is 14.4 Å². The molecule has 160 valence electrons. The van der Waals surface area contributed by atoms with Gasteiger partial charge in [0.15, 0.2) is 0 Å². The molecule has 0 spiro atoms. The molecule has 5 aromatic rings. The van der Waals surface area contributed by atoms with Gasteiger partial charge in [-0.25, -0.2) is 0 Å². The zero-order valence-electron chi connectivity index (χ0n) is 18.4. The average molecular weight is 437 g/mol. The summed E-state index contributed by atoms with van der Waals surface area (Å²) in [5.41, 5.74) is 6.71. The second-order valence-corrected chi connectivity index (χ2v) is 8.57. The molecular weight excluding hydrogens is 417 g/mol. The molecule has 0 saturated carbocycles. The topological polar surface area (TPSA) is 21.7 Å². The maximum Gasteiger partial charge on any atom is 0.260 e. The van der Waals surface area contributed by atoms with Gasteiger partial charge in [0.25, 0.3) is 6.71 Å². The van der Waals surface area contributed by atoms with Crippen molar-refractivity contribution in [3.05, 3.63) is 121 Å². The lowest BCUT2D eigenvalue weighted by Crippen LogP contribution is -2.57. The van der Waals surface area contributed by atoms with Crippen molar-refractivity contribution in [1.82, 2.24) is 0 Å². The van der Waals surface area contributed by atoms with Gasteiger partial charge in [0, 0.05) is 22.5 Å². The predicted octanol–water partition coefficient (Wildman–Crippen LogP) is 5.88. The molecule has 0 fully saturated rings. The van der Waals surface area contributed by atoms with Crippen molar-refractivity contribution in [2.45, 2.75) is 0 Å². The minimum atomic E-state index is 0.0493. The molecule has 2 aliphatic rings. The highest BCUT2D eigenvalue weighted by molar-refractivity contribution is 6.98. The van der Waals surface area contributed by atoms with Crippen LogP contribution in [0.3, 0.4) is 0 Å². The quantitative estimate of drug-likeness (QED) is 0.322. The molecule has 0 aliphatic carbocycles. The van der Waals surface area contributed by atoms with E-state index in [-0.39, 0.29) is 6.71 Å². The van der Waals surface area contributed by atoms with Crippen LogP contribution in [0.2, 0.25) is 0 Å². The predicted molar refractivity (Wildman–Crippen MR) is 139 cm³/mol. The largest absolute Gasteiger partial charge is 0.458 e. The Morgan fingerprint density at radius 1 is 0.441 bits per heavy atom. The lowest BCUT2D eigenvalue weighted by molar-refractivity contribution is 0.464. The first-order valence-electron chi connectivity index (χ1n) is 11.5. The molecule has 0 radical (unpaired) electrons. The van der Waals surface area contributed by atoms with Gasteiger partial charge in [-0.15, -0.1) is 0 Å². The zero-order valence-corrected chi connectivity index (χ0v) is 18.4. The minimum Gasteiger partial charge on any atom is -0.458 e. The Morgan fingerprint density at radius 3 is 1.68 bits per heavy atom. The van der Waals surface area contributed by atoms with E-state index >= 15 is 0 Å². The third kappa shape index (κ3) is 2.92. The van der Waals surface area contributed by atoms with E-state index in [4.69, 9.17) is 9.47 Å². The van der Waals surface area contributed by atoms with Crippen molar-refractivity contribution < 1.29 is 9.47 Å². The van der Waals surface area contributed by atoms with Crippen LogP contribution in [-0.4, -0.2) is 6.71 Å². The fourth-order valence-electron chi connectivity index (χ4n) is 5.11. The molecule has 3 nitrogen and oxygen atoms in total. The maximum atomic E-state index is 6.39. The van der Waals surface area contributed by atoms with Crippen molar-refractivity contribution in [3.8, 4) is 23.0 Å². The molecule has 0 saturated heterocycles. The molecule has 2 aliphatic heterocycles. The van der Waals surface area contributed by atoms with E-state index in [1.807, 2.05) is 42.5 Å². The van der Waals surface area contributed by atoms with E-state index in [1.165, 1.54) is 0 Å². The smallest absolute Gasteiger partial charge is 0.260 e. The van der Waals surface area contributed by atoms with Crippen LogP contribution in [0.25, 0.3) is 0 Å². The van der Waals surface area contributed by atoms with Crippen LogP contribution >= 0.6 is 0 Å². The first kappa shape index (κ1) is 19.1. The SMILES string of the molecule is c1ccc(N(c2ccccc2)c2ccc3c(c2)B2c4ccccc4Oc4cccc(c42)O3)cc1. The Morgan fingerprint density at radius 2 is 1.00 bits per heavy atom. The lowest BCUT2D eigenvalue weighted by atomic mass is 9.35. The summed E-state index contributed by atoms with van der Waals surface area (Å²) in [7, 11) is 0. The summed E-state index contributed by atoms with van der Waals surface area (Å²) in [4.78, 5) is 2.28. The van der Waals surface area contributed by atoms with E-state index in [2.05, 4.69) is 83.8 Å². The molecule has 0 atom stereocenters. The third-order valence-corrected chi connectivity index (χ3v) is 6.58. The fourth-order valence-corrected chi connectivity index (χ4v) is 5.11. The fraction of sp³-hybridized carbons (Fsp3) is 0.